The van der Waals surface area contributed by atoms with E-state index in [1.165, 1.54) is 14.2 Å². The van der Waals surface area contributed by atoms with Crippen LogP contribution in [0.5, 0.6) is 5.75 Å². The first-order valence-corrected chi connectivity index (χ1v) is 9.96. The predicted octanol–water partition coefficient (Wildman–Crippen LogP) is 1.84. The molecule has 0 saturated carbocycles. The van der Waals surface area contributed by atoms with Crippen molar-refractivity contribution in [3.05, 3.63) is 48.8 Å². The summed E-state index contributed by atoms with van der Waals surface area (Å²) in [6, 6.07) is 11.0. The van der Waals surface area contributed by atoms with Crippen LogP contribution in [0.15, 0.2) is 48.8 Å². The highest BCUT2D eigenvalue weighted by molar-refractivity contribution is 7.88. The highest BCUT2D eigenvalue weighted by Gasteiger charge is 2.17. The molecule has 0 spiro atoms. The highest BCUT2D eigenvalue weighted by Crippen LogP contribution is 2.30. The average Bonchev–Trinajstić information content (AvgIpc) is 3.05. The van der Waals surface area contributed by atoms with Gasteiger partial charge in [0.1, 0.15) is 11.4 Å². The summed E-state index contributed by atoms with van der Waals surface area (Å²) in [5.41, 5.74) is 2.79. The molecular formula is C18H20N4O4S. The zero-order valence-electron chi connectivity index (χ0n) is 15.2. The third-order valence-corrected chi connectivity index (χ3v) is 5.33. The molecule has 0 bridgehead atoms. The largest absolute Gasteiger partial charge is 0.495 e. The van der Waals surface area contributed by atoms with Crippen LogP contribution in [0.4, 0.5) is 5.69 Å². The van der Waals surface area contributed by atoms with Crippen LogP contribution in [-0.4, -0.2) is 55.0 Å². The lowest BCUT2D eigenvalue weighted by Gasteiger charge is -2.15. The molecule has 9 heteroatoms. The van der Waals surface area contributed by atoms with Gasteiger partial charge in [0, 0.05) is 25.0 Å². The van der Waals surface area contributed by atoms with Crippen LogP contribution in [0.25, 0.3) is 16.9 Å². The fourth-order valence-electron chi connectivity index (χ4n) is 2.55. The van der Waals surface area contributed by atoms with Gasteiger partial charge in [-0.1, -0.05) is 6.07 Å². The van der Waals surface area contributed by atoms with E-state index < -0.39 is 15.9 Å². The second-order valence-electron chi connectivity index (χ2n) is 6.07. The Labute approximate surface area is 157 Å². The first-order valence-electron chi connectivity index (χ1n) is 8.11. The third-order valence-electron chi connectivity index (χ3n) is 4.07. The number of methoxy groups -OCH3 is 1. The topological polar surface area (TPSA) is 93.0 Å². The molecule has 0 fully saturated rings. The molecule has 142 valence electrons. The van der Waals surface area contributed by atoms with E-state index in [0.29, 0.717) is 11.4 Å². The van der Waals surface area contributed by atoms with Crippen LogP contribution in [-0.2, 0) is 14.8 Å². The summed E-state index contributed by atoms with van der Waals surface area (Å²) in [6.45, 7) is -0.291. The van der Waals surface area contributed by atoms with Crippen LogP contribution in [0.1, 0.15) is 0 Å². The van der Waals surface area contributed by atoms with Crippen LogP contribution >= 0.6 is 0 Å². The number of nitrogens with one attached hydrogen (secondary N) is 1. The zero-order valence-corrected chi connectivity index (χ0v) is 16.0. The number of ether oxygens (including phenoxy) is 1. The highest BCUT2D eigenvalue weighted by atomic mass is 32.2. The Morgan fingerprint density at radius 2 is 2.07 bits per heavy atom. The molecule has 0 aliphatic heterocycles. The van der Waals surface area contributed by atoms with Gasteiger partial charge < -0.3 is 14.5 Å². The van der Waals surface area contributed by atoms with Crippen molar-refractivity contribution < 1.29 is 17.9 Å². The van der Waals surface area contributed by atoms with Crippen molar-refractivity contribution in [2.45, 2.75) is 0 Å². The molecule has 1 aromatic carbocycles. The van der Waals surface area contributed by atoms with E-state index in [1.54, 1.807) is 12.1 Å². The molecule has 2 heterocycles. The molecule has 0 saturated heterocycles. The zero-order chi connectivity index (χ0) is 19.6. The minimum atomic E-state index is -3.44. The number of carbonyl (C=O) groups is 1. The minimum absolute atomic E-state index is 0.291. The number of rotatable bonds is 6. The first kappa shape index (κ1) is 18.9. The number of nitrogens with zero attached hydrogens (tertiary/aromatic N) is 3. The molecule has 27 heavy (non-hydrogen) atoms. The number of imidazole rings is 1. The number of amides is 1. The maximum Gasteiger partial charge on any atom is 0.239 e. The molecule has 0 unspecified atom stereocenters. The summed E-state index contributed by atoms with van der Waals surface area (Å²) in [5.74, 6) is 0.00579. The van der Waals surface area contributed by atoms with E-state index in [1.807, 2.05) is 41.1 Å². The molecule has 1 amide bonds. The number of fused-ring (bicyclic) bond motifs is 1. The summed E-state index contributed by atoms with van der Waals surface area (Å²) in [4.78, 5) is 16.8. The maximum atomic E-state index is 12.2. The van der Waals surface area contributed by atoms with Crippen LogP contribution in [0, 0.1) is 0 Å². The summed E-state index contributed by atoms with van der Waals surface area (Å²) in [6.07, 6.45) is 4.84. The van der Waals surface area contributed by atoms with Crippen molar-refractivity contribution in [2.75, 3.05) is 32.3 Å². The smallest absolute Gasteiger partial charge is 0.239 e. The number of carbonyl (C=O) groups excluding carboxylic acids is 1. The second-order valence-corrected chi connectivity index (χ2v) is 8.16. The molecule has 2 aromatic heterocycles. The quantitative estimate of drug-likeness (QED) is 0.696. The SMILES string of the molecule is COc1ccc(-c2cn3ccccc3n2)cc1NC(=O)CN(C)S(C)(=O)=O. The molecule has 0 atom stereocenters. The van der Waals surface area contributed by atoms with Gasteiger partial charge in [-0.2, -0.15) is 4.31 Å². The number of pyridine rings is 1. The van der Waals surface area contributed by atoms with Crippen molar-refractivity contribution >= 4 is 27.3 Å². The van der Waals surface area contributed by atoms with Gasteiger partial charge >= 0.3 is 0 Å². The van der Waals surface area contributed by atoms with Gasteiger partial charge in [0.05, 0.1) is 31.3 Å². The average molecular weight is 388 g/mol. The third kappa shape index (κ3) is 4.26. The van der Waals surface area contributed by atoms with Gasteiger partial charge in [0.25, 0.3) is 0 Å². The fraction of sp³-hybridized carbons (Fsp3) is 0.222. The van der Waals surface area contributed by atoms with Crippen LogP contribution in [0.2, 0.25) is 0 Å². The molecule has 1 N–H and O–H groups in total. The number of sulfonamides is 1. The summed E-state index contributed by atoms with van der Waals surface area (Å²) in [7, 11) is -0.599. The Hall–Kier alpha value is -2.91. The number of hydrogen-bond donors (Lipinski definition) is 1. The summed E-state index contributed by atoms with van der Waals surface area (Å²) >= 11 is 0. The van der Waals surface area contributed by atoms with Crippen molar-refractivity contribution in [2.24, 2.45) is 0 Å². The Bertz CT molecular complexity index is 1060. The van der Waals surface area contributed by atoms with E-state index >= 15 is 0 Å². The molecule has 0 aliphatic rings. The second kappa shape index (κ2) is 7.37. The van der Waals surface area contributed by atoms with Crippen molar-refractivity contribution in [3.63, 3.8) is 0 Å². The number of likely N-dealkylation sites (N-methyl/N-ethyl adjacent to an activating group) is 1. The summed E-state index contributed by atoms with van der Waals surface area (Å²) < 4.78 is 31.1. The molecule has 3 aromatic rings. The lowest BCUT2D eigenvalue weighted by molar-refractivity contribution is -0.116. The van der Waals surface area contributed by atoms with E-state index in [9.17, 15) is 13.2 Å². The van der Waals surface area contributed by atoms with Gasteiger partial charge in [-0.15, -0.1) is 0 Å². The number of benzene rings is 1. The van der Waals surface area contributed by atoms with Crippen molar-refractivity contribution in [1.29, 1.82) is 0 Å². The number of aromatic nitrogens is 2. The monoisotopic (exact) mass is 388 g/mol. The number of hydrogen-bond acceptors (Lipinski definition) is 5. The predicted molar refractivity (Wildman–Crippen MR) is 103 cm³/mol. The fourth-order valence-corrected chi connectivity index (χ4v) is 2.90. The Morgan fingerprint density at radius 3 is 2.74 bits per heavy atom. The molecule has 8 nitrogen and oxygen atoms in total. The molecule has 3 rings (SSSR count). The van der Waals surface area contributed by atoms with Gasteiger partial charge in [0.2, 0.25) is 15.9 Å². The van der Waals surface area contributed by atoms with Crippen molar-refractivity contribution in [3.8, 4) is 17.0 Å². The maximum absolute atomic E-state index is 12.2. The van der Waals surface area contributed by atoms with Crippen LogP contribution in [0.3, 0.4) is 0 Å². The number of anilines is 1. The van der Waals surface area contributed by atoms with Crippen molar-refractivity contribution in [1.82, 2.24) is 13.7 Å². The van der Waals surface area contributed by atoms with E-state index in [0.717, 1.165) is 27.5 Å². The van der Waals surface area contributed by atoms with E-state index in [4.69, 9.17) is 4.74 Å². The normalized spacial score (nSPS) is 11.7. The van der Waals surface area contributed by atoms with Crippen LogP contribution < -0.4 is 10.1 Å². The Balaban J connectivity index is 1.88. The van der Waals surface area contributed by atoms with Gasteiger partial charge in [-0.05, 0) is 30.3 Å². The van der Waals surface area contributed by atoms with E-state index in [2.05, 4.69) is 10.3 Å². The standard InChI is InChI=1S/C18H20N4O4S/c1-21(27(3,24)25)12-18(23)20-14-10-13(7-8-16(14)26-2)15-11-22-9-5-4-6-17(22)19-15/h4-11H,12H2,1-3H3,(H,20,23). The van der Waals surface area contributed by atoms with E-state index in [-0.39, 0.29) is 6.54 Å². The Kier molecular flexibility index (Phi) is 5.15. The lowest BCUT2D eigenvalue weighted by Crippen LogP contribution is -2.34. The lowest BCUT2D eigenvalue weighted by atomic mass is 10.1. The van der Waals surface area contributed by atoms with Gasteiger partial charge in [-0.25, -0.2) is 13.4 Å². The first-order chi connectivity index (χ1) is 12.8. The Morgan fingerprint density at radius 1 is 1.30 bits per heavy atom. The van der Waals surface area contributed by atoms with Gasteiger partial charge in [0.15, 0.2) is 0 Å². The summed E-state index contributed by atoms with van der Waals surface area (Å²) in [5, 5.41) is 2.70. The van der Waals surface area contributed by atoms with Gasteiger partial charge in [-0.3, -0.25) is 4.79 Å². The molecule has 0 radical (unpaired) electrons. The molecule has 0 aliphatic carbocycles. The molecular weight excluding hydrogens is 368 g/mol. The minimum Gasteiger partial charge on any atom is -0.495 e.